The van der Waals surface area contributed by atoms with E-state index < -0.39 is 0 Å². The first-order valence-corrected chi connectivity index (χ1v) is 7.09. The summed E-state index contributed by atoms with van der Waals surface area (Å²) in [7, 11) is 1.95. The van der Waals surface area contributed by atoms with Gasteiger partial charge < -0.3 is 10.1 Å². The van der Waals surface area contributed by atoms with Gasteiger partial charge in [0, 0.05) is 17.8 Å². The van der Waals surface area contributed by atoms with Gasteiger partial charge in [0.1, 0.15) is 5.75 Å². The van der Waals surface area contributed by atoms with Gasteiger partial charge in [-0.25, -0.2) is 0 Å². The molecule has 0 atom stereocenters. The van der Waals surface area contributed by atoms with Crippen LogP contribution in [0.5, 0.6) is 5.75 Å². The molecule has 1 aromatic heterocycles. The van der Waals surface area contributed by atoms with Crippen molar-refractivity contribution in [2.75, 3.05) is 13.7 Å². The van der Waals surface area contributed by atoms with E-state index in [4.69, 9.17) is 4.74 Å². The lowest BCUT2D eigenvalue weighted by Gasteiger charge is -2.09. The van der Waals surface area contributed by atoms with Crippen molar-refractivity contribution in [1.29, 1.82) is 0 Å². The highest BCUT2D eigenvalue weighted by molar-refractivity contribution is 5.61. The minimum absolute atomic E-state index is 0.747. The summed E-state index contributed by atoms with van der Waals surface area (Å²) in [4.78, 5) is 4.69. The van der Waals surface area contributed by atoms with Crippen LogP contribution in [-0.4, -0.2) is 18.6 Å². The molecular formula is C17H22N2O. The van der Waals surface area contributed by atoms with Crippen LogP contribution in [0, 0.1) is 6.92 Å². The SMILES string of the molecule is CCCOc1cccc(-c2ccc(CNC)c(C)n2)c1. The zero-order chi connectivity index (χ0) is 14.4. The normalized spacial score (nSPS) is 10.6. The maximum absolute atomic E-state index is 5.67. The maximum atomic E-state index is 5.67. The number of nitrogens with one attached hydrogen (secondary N) is 1. The highest BCUT2D eigenvalue weighted by Crippen LogP contribution is 2.23. The lowest BCUT2D eigenvalue weighted by Crippen LogP contribution is -2.07. The Hall–Kier alpha value is -1.87. The summed E-state index contributed by atoms with van der Waals surface area (Å²) in [6, 6.07) is 12.3. The molecule has 0 saturated heterocycles. The van der Waals surface area contributed by atoms with Crippen LogP contribution in [0.3, 0.4) is 0 Å². The standard InChI is InChI=1S/C17H22N2O/c1-4-10-20-16-7-5-6-14(11-16)17-9-8-15(12-18-3)13(2)19-17/h5-9,11,18H,4,10,12H2,1-3H3. The van der Waals surface area contributed by atoms with Gasteiger partial charge in [0.25, 0.3) is 0 Å². The van der Waals surface area contributed by atoms with Gasteiger partial charge in [0.05, 0.1) is 12.3 Å². The molecule has 1 aromatic carbocycles. The van der Waals surface area contributed by atoms with E-state index >= 15 is 0 Å². The van der Waals surface area contributed by atoms with E-state index in [0.29, 0.717) is 0 Å². The molecule has 2 aromatic rings. The molecule has 2 rings (SSSR count). The van der Waals surface area contributed by atoms with Gasteiger partial charge >= 0.3 is 0 Å². The molecule has 0 aliphatic carbocycles. The molecule has 0 unspecified atom stereocenters. The minimum Gasteiger partial charge on any atom is -0.494 e. The first kappa shape index (κ1) is 14.5. The Kier molecular flexibility index (Phi) is 5.13. The van der Waals surface area contributed by atoms with E-state index in [1.54, 1.807) is 0 Å². The molecule has 3 nitrogen and oxygen atoms in total. The van der Waals surface area contributed by atoms with Crippen molar-refractivity contribution in [1.82, 2.24) is 10.3 Å². The third kappa shape index (κ3) is 3.58. The Morgan fingerprint density at radius 2 is 2.05 bits per heavy atom. The van der Waals surface area contributed by atoms with Crippen molar-refractivity contribution in [3.63, 3.8) is 0 Å². The molecule has 0 spiro atoms. The van der Waals surface area contributed by atoms with Crippen molar-refractivity contribution < 1.29 is 4.74 Å². The van der Waals surface area contributed by atoms with Crippen molar-refractivity contribution in [2.45, 2.75) is 26.8 Å². The van der Waals surface area contributed by atoms with Crippen molar-refractivity contribution in [2.24, 2.45) is 0 Å². The molecule has 1 heterocycles. The van der Waals surface area contributed by atoms with Gasteiger partial charge in [0.2, 0.25) is 0 Å². The number of ether oxygens (including phenoxy) is 1. The highest BCUT2D eigenvalue weighted by Gasteiger charge is 2.05. The lowest BCUT2D eigenvalue weighted by molar-refractivity contribution is 0.317. The Labute approximate surface area is 121 Å². The molecule has 20 heavy (non-hydrogen) atoms. The van der Waals surface area contributed by atoms with Crippen LogP contribution < -0.4 is 10.1 Å². The van der Waals surface area contributed by atoms with Gasteiger partial charge in [-0.05, 0) is 44.2 Å². The zero-order valence-electron chi connectivity index (χ0n) is 12.4. The largest absolute Gasteiger partial charge is 0.494 e. The number of aromatic nitrogens is 1. The predicted molar refractivity (Wildman–Crippen MR) is 83.0 cm³/mol. The zero-order valence-corrected chi connectivity index (χ0v) is 12.4. The van der Waals surface area contributed by atoms with Gasteiger partial charge in [-0.1, -0.05) is 25.1 Å². The number of aryl methyl sites for hydroxylation is 1. The van der Waals surface area contributed by atoms with Gasteiger partial charge in [0.15, 0.2) is 0 Å². The van der Waals surface area contributed by atoms with E-state index in [2.05, 4.69) is 41.5 Å². The fourth-order valence-corrected chi connectivity index (χ4v) is 2.09. The van der Waals surface area contributed by atoms with E-state index in [-0.39, 0.29) is 0 Å². The van der Waals surface area contributed by atoms with Crippen LogP contribution in [0.25, 0.3) is 11.3 Å². The van der Waals surface area contributed by atoms with Crippen LogP contribution in [0.4, 0.5) is 0 Å². The molecule has 0 amide bonds. The van der Waals surface area contributed by atoms with Gasteiger partial charge in [-0.3, -0.25) is 4.98 Å². The number of hydrogen-bond donors (Lipinski definition) is 1. The molecule has 0 radical (unpaired) electrons. The number of rotatable bonds is 6. The summed E-state index contributed by atoms with van der Waals surface area (Å²) >= 11 is 0. The average Bonchev–Trinajstić information content (AvgIpc) is 2.48. The smallest absolute Gasteiger partial charge is 0.119 e. The number of pyridine rings is 1. The van der Waals surface area contributed by atoms with Crippen LogP contribution in [0.2, 0.25) is 0 Å². The third-order valence-corrected chi connectivity index (χ3v) is 3.17. The summed E-state index contributed by atoms with van der Waals surface area (Å²) in [6.07, 6.45) is 1.01. The molecular weight excluding hydrogens is 248 g/mol. The Balaban J connectivity index is 2.24. The predicted octanol–water partition coefficient (Wildman–Crippen LogP) is 3.57. The molecule has 0 saturated carbocycles. The van der Waals surface area contributed by atoms with Crippen molar-refractivity contribution in [3.8, 4) is 17.0 Å². The molecule has 0 aliphatic rings. The van der Waals surface area contributed by atoms with Crippen molar-refractivity contribution >= 4 is 0 Å². The monoisotopic (exact) mass is 270 g/mol. The van der Waals surface area contributed by atoms with Gasteiger partial charge in [-0.15, -0.1) is 0 Å². The summed E-state index contributed by atoms with van der Waals surface area (Å²) < 4.78 is 5.67. The van der Waals surface area contributed by atoms with E-state index in [0.717, 1.165) is 42.3 Å². The number of hydrogen-bond acceptors (Lipinski definition) is 3. The first-order chi connectivity index (χ1) is 9.74. The number of nitrogens with zero attached hydrogens (tertiary/aromatic N) is 1. The van der Waals surface area contributed by atoms with Crippen LogP contribution in [0.1, 0.15) is 24.6 Å². The fraction of sp³-hybridized carbons (Fsp3) is 0.353. The van der Waals surface area contributed by atoms with Crippen LogP contribution in [-0.2, 0) is 6.54 Å². The topological polar surface area (TPSA) is 34.1 Å². The molecule has 1 N–H and O–H groups in total. The Bertz CT molecular complexity index is 567. The van der Waals surface area contributed by atoms with Gasteiger partial charge in [-0.2, -0.15) is 0 Å². The number of benzene rings is 1. The second-order valence-electron chi connectivity index (χ2n) is 4.85. The Morgan fingerprint density at radius 1 is 1.20 bits per heavy atom. The molecule has 0 fully saturated rings. The summed E-state index contributed by atoms with van der Waals surface area (Å²) in [5.41, 5.74) is 4.38. The Morgan fingerprint density at radius 3 is 2.75 bits per heavy atom. The molecule has 3 heteroatoms. The highest BCUT2D eigenvalue weighted by atomic mass is 16.5. The minimum atomic E-state index is 0.747. The quantitative estimate of drug-likeness (QED) is 0.871. The van der Waals surface area contributed by atoms with Crippen LogP contribution in [0.15, 0.2) is 36.4 Å². The second-order valence-corrected chi connectivity index (χ2v) is 4.85. The summed E-state index contributed by atoms with van der Waals surface area (Å²) in [5, 5.41) is 3.16. The van der Waals surface area contributed by atoms with Crippen molar-refractivity contribution in [3.05, 3.63) is 47.7 Å². The average molecular weight is 270 g/mol. The third-order valence-electron chi connectivity index (χ3n) is 3.17. The van der Waals surface area contributed by atoms with Crippen LogP contribution >= 0.6 is 0 Å². The lowest BCUT2D eigenvalue weighted by atomic mass is 10.1. The fourth-order valence-electron chi connectivity index (χ4n) is 2.09. The van der Waals surface area contributed by atoms with E-state index in [9.17, 15) is 0 Å². The maximum Gasteiger partial charge on any atom is 0.119 e. The summed E-state index contributed by atoms with van der Waals surface area (Å²) in [6.45, 7) is 5.75. The first-order valence-electron chi connectivity index (χ1n) is 7.09. The molecule has 0 aliphatic heterocycles. The van der Waals surface area contributed by atoms with E-state index in [1.165, 1.54) is 5.56 Å². The molecule has 0 bridgehead atoms. The summed E-state index contributed by atoms with van der Waals surface area (Å²) in [5.74, 6) is 0.906. The molecule has 106 valence electrons. The second kappa shape index (κ2) is 7.06. The van der Waals surface area contributed by atoms with E-state index in [1.807, 2.05) is 26.1 Å².